The van der Waals surface area contributed by atoms with Crippen molar-refractivity contribution in [1.29, 1.82) is 5.26 Å². The van der Waals surface area contributed by atoms with Gasteiger partial charge in [-0.3, -0.25) is 4.79 Å². The molecule has 0 atom stereocenters. The van der Waals surface area contributed by atoms with Crippen LogP contribution in [0.5, 0.6) is 5.75 Å². The van der Waals surface area contributed by atoms with Gasteiger partial charge in [0.15, 0.2) is 12.4 Å². The maximum atomic E-state index is 12.2. The highest BCUT2D eigenvalue weighted by molar-refractivity contribution is 5.92. The standard InChI is InChI=1S/C20H18N6O2/c21-11-10-14-4-8-18(9-5-14)28-13-19(27)22-16-3-1-2-15(12-16)20-23-24-25-26(20)17-6-7-17/h1-5,8-9,12,17H,6-7,10,13H2,(H,22,27). The molecule has 28 heavy (non-hydrogen) atoms. The quantitative estimate of drug-likeness (QED) is 0.682. The third-order valence-corrected chi connectivity index (χ3v) is 4.37. The Morgan fingerprint density at radius 1 is 1.25 bits per heavy atom. The number of carbonyl (C=O) groups excluding carboxylic acids is 1. The number of anilines is 1. The Morgan fingerprint density at radius 3 is 2.82 bits per heavy atom. The molecule has 4 rings (SSSR count). The van der Waals surface area contributed by atoms with E-state index in [-0.39, 0.29) is 12.5 Å². The Balaban J connectivity index is 1.37. The first kappa shape index (κ1) is 17.7. The van der Waals surface area contributed by atoms with Crippen molar-refractivity contribution in [3.63, 3.8) is 0 Å². The van der Waals surface area contributed by atoms with E-state index in [1.54, 1.807) is 12.1 Å². The maximum absolute atomic E-state index is 12.2. The highest BCUT2D eigenvalue weighted by Gasteiger charge is 2.28. The van der Waals surface area contributed by atoms with Gasteiger partial charge in [0.1, 0.15) is 5.75 Å². The molecule has 140 valence electrons. The second kappa shape index (κ2) is 7.88. The molecule has 1 N–H and O–H groups in total. The van der Waals surface area contributed by atoms with Crippen molar-refractivity contribution in [2.45, 2.75) is 25.3 Å². The van der Waals surface area contributed by atoms with Gasteiger partial charge >= 0.3 is 0 Å². The molecular formula is C20H18N6O2. The van der Waals surface area contributed by atoms with E-state index < -0.39 is 0 Å². The van der Waals surface area contributed by atoms with Crippen LogP contribution in [0.4, 0.5) is 5.69 Å². The van der Waals surface area contributed by atoms with Crippen LogP contribution >= 0.6 is 0 Å². The van der Waals surface area contributed by atoms with Crippen molar-refractivity contribution in [2.24, 2.45) is 0 Å². The van der Waals surface area contributed by atoms with Crippen molar-refractivity contribution >= 4 is 11.6 Å². The smallest absolute Gasteiger partial charge is 0.262 e. The number of carbonyl (C=O) groups is 1. The third-order valence-electron chi connectivity index (χ3n) is 4.37. The van der Waals surface area contributed by atoms with Crippen LogP contribution < -0.4 is 10.1 Å². The van der Waals surface area contributed by atoms with Gasteiger partial charge in [-0.1, -0.05) is 24.3 Å². The predicted octanol–water partition coefficient (Wildman–Crippen LogP) is 2.76. The van der Waals surface area contributed by atoms with Crippen LogP contribution in [0, 0.1) is 11.3 Å². The molecule has 0 aliphatic heterocycles. The zero-order valence-corrected chi connectivity index (χ0v) is 15.1. The summed E-state index contributed by atoms with van der Waals surface area (Å²) in [6.45, 7) is -0.109. The lowest BCUT2D eigenvalue weighted by Crippen LogP contribution is -2.20. The molecule has 0 spiro atoms. The molecule has 0 radical (unpaired) electrons. The molecule has 1 fully saturated rings. The molecule has 0 unspecified atom stereocenters. The Morgan fingerprint density at radius 2 is 2.07 bits per heavy atom. The molecule has 1 aliphatic rings. The second-order valence-electron chi connectivity index (χ2n) is 6.57. The van der Waals surface area contributed by atoms with Gasteiger partial charge in [0.05, 0.1) is 18.5 Å². The number of nitrogens with one attached hydrogen (secondary N) is 1. The van der Waals surface area contributed by atoms with Gasteiger partial charge in [-0.05, 0) is 53.1 Å². The number of tetrazole rings is 1. The zero-order valence-electron chi connectivity index (χ0n) is 15.1. The van der Waals surface area contributed by atoms with Gasteiger partial charge in [-0.2, -0.15) is 5.26 Å². The Hall–Kier alpha value is -3.73. The molecule has 1 aromatic heterocycles. The molecule has 0 bridgehead atoms. The number of hydrogen-bond donors (Lipinski definition) is 1. The number of aromatic nitrogens is 4. The molecule has 8 nitrogen and oxygen atoms in total. The molecule has 1 amide bonds. The van der Waals surface area contributed by atoms with Gasteiger partial charge in [0.2, 0.25) is 0 Å². The summed E-state index contributed by atoms with van der Waals surface area (Å²) in [6, 6.07) is 17.0. The predicted molar refractivity (Wildman–Crippen MR) is 101 cm³/mol. The van der Waals surface area contributed by atoms with Crippen LogP contribution in [0.15, 0.2) is 48.5 Å². The van der Waals surface area contributed by atoms with Gasteiger partial charge < -0.3 is 10.1 Å². The zero-order chi connectivity index (χ0) is 19.3. The molecule has 3 aromatic rings. The van der Waals surface area contributed by atoms with E-state index in [4.69, 9.17) is 10.00 Å². The van der Waals surface area contributed by atoms with Crippen LogP contribution in [0.2, 0.25) is 0 Å². The van der Waals surface area contributed by atoms with Gasteiger partial charge in [-0.15, -0.1) is 5.10 Å². The van der Waals surface area contributed by atoms with E-state index in [0.29, 0.717) is 29.7 Å². The van der Waals surface area contributed by atoms with E-state index in [9.17, 15) is 4.79 Å². The van der Waals surface area contributed by atoms with Crippen LogP contribution in [0.3, 0.4) is 0 Å². The molecular weight excluding hydrogens is 356 g/mol. The van der Waals surface area contributed by atoms with Crippen molar-refractivity contribution in [3.05, 3.63) is 54.1 Å². The molecule has 0 saturated heterocycles. The first-order valence-electron chi connectivity index (χ1n) is 9.00. The molecule has 8 heteroatoms. The second-order valence-corrected chi connectivity index (χ2v) is 6.57. The monoisotopic (exact) mass is 374 g/mol. The Labute approximate surface area is 161 Å². The molecule has 1 aliphatic carbocycles. The molecule has 1 heterocycles. The maximum Gasteiger partial charge on any atom is 0.262 e. The minimum absolute atomic E-state index is 0.109. The van der Waals surface area contributed by atoms with Crippen LogP contribution in [-0.4, -0.2) is 32.7 Å². The fourth-order valence-electron chi connectivity index (χ4n) is 2.83. The summed E-state index contributed by atoms with van der Waals surface area (Å²) in [5.41, 5.74) is 2.41. The summed E-state index contributed by atoms with van der Waals surface area (Å²) in [7, 11) is 0. The summed E-state index contributed by atoms with van der Waals surface area (Å²) in [5, 5.41) is 23.4. The number of rotatable bonds is 7. The minimum atomic E-state index is -0.264. The molecule has 2 aromatic carbocycles. The Kier molecular flexibility index (Phi) is 4.97. The fraction of sp³-hybridized carbons (Fsp3) is 0.250. The average Bonchev–Trinajstić information content (AvgIpc) is 3.44. The van der Waals surface area contributed by atoms with Crippen molar-refractivity contribution in [3.8, 4) is 23.2 Å². The summed E-state index contributed by atoms with van der Waals surface area (Å²) < 4.78 is 7.34. The van der Waals surface area contributed by atoms with Crippen molar-refractivity contribution in [1.82, 2.24) is 20.2 Å². The van der Waals surface area contributed by atoms with Gasteiger partial charge in [0.25, 0.3) is 5.91 Å². The van der Waals surface area contributed by atoms with Crippen LogP contribution in [0.25, 0.3) is 11.4 Å². The van der Waals surface area contributed by atoms with E-state index in [0.717, 1.165) is 24.0 Å². The summed E-state index contributed by atoms with van der Waals surface area (Å²) >= 11 is 0. The average molecular weight is 374 g/mol. The van der Waals surface area contributed by atoms with E-state index in [1.807, 2.05) is 41.1 Å². The summed E-state index contributed by atoms with van der Waals surface area (Å²) in [6.07, 6.45) is 2.52. The van der Waals surface area contributed by atoms with Crippen molar-refractivity contribution < 1.29 is 9.53 Å². The number of benzene rings is 2. The van der Waals surface area contributed by atoms with E-state index in [1.165, 1.54) is 0 Å². The Bertz CT molecular complexity index is 1020. The lowest BCUT2D eigenvalue weighted by Gasteiger charge is -2.09. The number of nitrogens with zero attached hydrogens (tertiary/aromatic N) is 5. The SMILES string of the molecule is N#CCc1ccc(OCC(=O)Nc2cccc(-c3nnnn3C3CC3)c2)cc1. The fourth-order valence-corrected chi connectivity index (χ4v) is 2.83. The topological polar surface area (TPSA) is 106 Å². The number of nitriles is 1. The first-order valence-corrected chi connectivity index (χ1v) is 9.00. The van der Waals surface area contributed by atoms with Crippen molar-refractivity contribution in [2.75, 3.05) is 11.9 Å². The minimum Gasteiger partial charge on any atom is -0.484 e. The number of hydrogen-bond acceptors (Lipinski definition) is 6. The number of amides is 1. The first-order chi connectivity index (χ1) is 13.7. The molecule has 1 saturated carbocycles. The highest BCUT2D eigenvalue weighted by atomic mass is 16.5. The summed E-state index contributed by atoms with van der Waals surface area (Å²) in [5.74, 6) is 1.02. The summed E-state index contributed by atoms with van der Waals surface area (Å²) in [4.78, 5) is 12.2. The lowest BCUT2D eigenvalue weighted by molar-refractivity contribution is -0.118. The van der Waals surface area contributed by atoms with Crippen LogP contribution in [0.1, 0.15) is 24.4 Å². The van der Waals surface area contributed by atoms with E-state index >= 15 is 0 Å². The number of ether oxygens (including phenoxy) is 1. The largest absolute Gasteiger partial charge is 0.484 e. The van der Waals surface area contributed by atoms with Crippen LogP contribution in [-0.2, 0) is 11.2 Å². The van der Waals surface area contributed by atoms with Gasteiger partial charge in [0, 0.05) is 11.3 Å². The highest BCUT2D eigenvalue weighted by Crippen LogP contribution is 2.36. The van der Waals surface area contributed by atoms with Gasteiger partial charge in [-0.25, -0.2) is 4.68 Å². The third kappa shape index (κ3) is 4.15. The normalized spacial score (nSPS) is 13.0. The lowest BCUT2D eigenvalue weighted by atomic mass is 10.2. The van der Waals surface area contributed by atoms with E-state index in [2.05, 4.69) is 26.9 Å².